The Balaban J connectivity index is 1.07. The molecule has 48 heavy (non-hydrogen) atoms. The highest BCUT2D eigenvalue weighted by Crippen LogP contribution is 2.32. The maximum Gasteiger partial charge on any atom is 0.451 e. The van der Waals surface area contributed by atoms with E-state index in [1.807, 2.05) is 0 Å². The lowest BCUT2D eigenvalue weighted by Crippen LogP contribution is -2.33. The van der Waals surface area contributed by atoms with E-state index in [1.54, 1.807) is 49.7 Å². The number of halogens is 5. The number of rotatable bonds is 10. The largest absolute Gasteiger partial charge is 0.496 e. The van der Waals surface area contributed by atoms with Crippen LogP contribution in [0, 0.1) is 5.82 Å². The Bertz CT molecular complexity index is 1990. The number of nitrogens with zero attached hydrogens (tertiary/aromatic N) is 6. The van der Waals surface area contributed by atoms with Crippen molar-refractivity contribution in [3.05, 3.63) is 88.4 Å². The second-order valence-electron chi connectivity index (χ2n) is 11.6. The molecule has 0 unspecified atom stereocenters. The molecule has 1 fully saturated rings. The zero-order valence-electron chi connectivity index (χ0n) is 25.7. The number of nitrogens with one attached hydrogen (secondary N) is 1. The van der Waals surface area contributed by atoms with Crippen molar-refractivity contribution in [2.24, 2.45) is 0 Å². The number of fused-ring (bicyclic) bond motifs is 1. The molecule has 0 bridgehead atoms. The molecule has 1 saturated heterocycles. The third-order valence-corrected chi connectivity index (χ3v) is 8.72. The molecule has 3 aromatic heterocycles. The van der Waals surface area contributed by atoms with Crippen molar-refractivity contribution in [1.82, 2.24) is 34.6 Å². The maximum absolute atomic E-state index is 14.7. The van der Waals surface area contributed by atoms with E-state index >= 15 is 0 Å². The van der Waals surface area contributed by atoms with Gasteiger partial charge in [0.25, 0.3) is 0 Å². The predicted octanol–water partition coefficient (Wildman–Crippen LogP) is 6.69. The van der Waals surface area contributed by atoms with Crippen molar-refractivity contribution in [3.63, 3.8) is 0 Å². The first-order valence-corrected chi connectivity index (χ1v) is 15.7. The zero-order valence-corrected chi connectivity index (χ0v) is 26.5. The van der Waals surface area contributed by atoms with Crippen LogP contribution in [0.5, 0.6) is 11.5 Å². The van der Waals surface area contributed by atoms with E-state index in [2.05, 4.69) is 35.7 Å². The molecular formula is C33H30ClF4N7O3. The van der Waals surface area contributed by atoms with E-state index in [-0.39, 0.29) is 30.0 Å². The number of methoxy groups -OCH3 is 1. The lowest BCUT2D eigenvalue weighted by molar-refractivity contribution is -0.144. The van der Waals surface area contributed by atoms with E-state index < -0.39 is 17.8 Å². The van der Waals surface area contributed by atoms with E-state index in [0.29, 0.717) is 42.5 Å². The second-order valence-corrected chi connectivity index (χ2v) is 12.0. The van der Waals surface area contributed by atoms with Gasteiger partial charge in [-0.3, -0.25) is 9.88 Å². The van der Waals surface area contributed by atoms with Crippen molar-refractivity contribution in [2.75, 3.05) is 26.8 Å². The van der Waals surface area contributed by atoms with Crippen LogP contribution in [0.2, 0.25) is 5.02 Å². The van der Waals surface area contributed by atoms with Crippen molar-refractivity contribution >= 4 is 28.2 Å². The van der Waals surface area contributed by atoms with E-state index in [0.717, 1.165) is 47.4 Å². The summed E-state index contributed by atoms with van der Waals surface area (Å²) in [5.74, 6) is -0.230. The molecule has 2 aliphatic heterocycles. The molecule has 2 aromatic carbocycles. The summed E-state index contributed by atoms with van der Waals surface area (Å²) < 4.78 is 72.9. The standard InChI is InChI=1S/C33H30ClF4N7O3/c1-46-28-13-22(34)4-2-21(28)18-48-29-12-20(3-5-24(29)35)19-6-9-44(10-7-19)17-30-40-25-14-26(31-41-32(43-42-31)33(36,37)38)39-15-27(25)45(30)16-23-8-11-47-23/h2-6,12-15,23H,7-11,16-18H2,1H3,(H,41,42,43)/t23-/m0/s1. The minimum Gasteiger partial charge on any atom is -0.496 e. The lowest BCUT2D eigenvalue weighted by atomic mass is 9.99. The topological polar surface area (TPSA) is 103 Å². The zero-order chi connectivity index (χ0) is 33.4. The normalized spacial score (nSPS) is 17.0. The second kappa shape index (κ2) is 13.2. The molecule has 7 rings (SSSR count). The third kappa shape index (κ3) is 6.73. The van der Waals surface area contributed by atoms with E-state index in [1.165, 1.54) is 6.07 Å². The first-order valence-electron chi connectivity index (χ1n) is 15.3. The highest BCUT2D eigenvalue weighted by Gasteiger charge is 2.35. The van der Waals surface area contributed by atoms with Gasteiger partial charge in [0.1, 0.15) is 23.9 Å². The minimum atomic E-state index is -4.64. The maximum atomic E-state index is 14.7. The monoisotopic (exact) mass is 683 g/mol. The fraction of sp³-hybridized carbons (Fsp3) is 0.333. The van der Waals surface area contributed by atoms with Crippen LogP contribution in [-0.2, 0) is 30.6 Å². The number of benzene rings is 2. The summed E-state index contributed by atoms with van der Waals surface area (Å²) >= 11 is 6.06. The quantitative estimate of drug-likeness (QED) is 0.163. The van der Waals surface area contributed by atoms with Gasteiger partial charge in [-0.15, -0.1) is 10.2 Å². The minimum absolute atomic E-state index is 0.0490. The smallest absolute Gasteiger partial charge is 0.451 e. The molecule has 0 spiro atoms. The van der Waals surface area contributed by atoms with Gasteiger partial charge in [-0.25, -0.2) is 9.37 Å². The highest BCUT2D eigenvalue weighted by atomic mass is 35.5. The van der Waals surface area contributed by atoms with Crippen molar-refractivity contribution in [2.45, 2.75) is 44.8 Å². The van der Waals surface area contributed by atoms with Gasteiger partial charge in [-0.05, 0) is 54.3 Å². The average molecular weight is 684 g/mol. The molecule has 5 aromatic rings. The number of imidazole rings is 1. The van der Waals surface area contributed by atoms with Crippen LogP contribution >= 0.6 is 11.6 Å². The summed E-state index contributed by atoms with van der Waals surface area (Å²) in [6, 6.07) is 11.7. The summed E-state index contributed by atoms with van der Waals surface area (Å²) in [6.07, 6.45) is 0.770. The molecule has 0 aliphatic carbocycles. The third-order valence-electron chi connectivity index (χ3n) is 8.48. The molecule has 5 heterocycles. The number of aromatic nitrogens is 6. The Hall–Kier alpha value is -4.53. The van der Waals surface area contributed by atoms with E-state index in [9.17, 15) is 17.6 Å². The van der Waals surface area contributed by atoms with Crippen LogP contribution in [0.25, 0.3) is 28.1 Å². The molecule has 0 radical (unpaired) electrons. The number of hydrogen-bond donors (Lipinski definition) is 1. The summed E-state index contributed by atoms with van der Waals surface area (Å²) in [4.78, 5) is 13.7. The predicted molar refractivity (Wildman–Crippen MR) is 169 cm³/mol. The highest BCUT2D eigenvalue weighted by molar-refractivity contribution is 6.30. The number of aromatic amines is 1. The van der Waals surface area contributed by atoms with E-state index in [4.69, 9.17) is 30.8 Å². The van der Waals surface area contributed by atoms with Gasteiger partial charge in [-0.1, -0.05) is 29.8 Å². The summed E-state index contributed by atoms with van der Waals surface area (Å²) in [7, 11) is 1.54. The number of H-pyrrole nitrogens is 1. The Labute approximate surface area is 277 Å². The molecular weight excluding hydrogens is 654 g/mol. The van der Waals surface area contributed by atoms with Gasteiger partial charge in [-0.2, -0.15) is 13.2 Å². The molecule has 0 amide bonds. The molecule has 2 aliphatic rings. The van der Waals surface area contributed by atoms with Gasteiger partial charge in [0.15, 0.2) is 17.4 Å². The fourth-order valence-electron chi connectivity index (χ4n) is 5.79. The van der Waals surface area contributed by atoms with Crippen molar-refractivity contribution in [1.29, 1.82) is 0 Å². The molecule has 0 saturated carbocycles. The van der Waals surface area contributed by atoms with Gasteiger partial charge in [0.05, 0.1) is 43.5 Å². The van der Waals surface area contributed by atoms with Crippen LogP contribution in [0.3, 0.4) is 0 Å². The molecule has 10 nitrogen and oxygen atoms in total. The molecule has 1 N–H and O–H groups in total. The van der Waals surface area contributed by atoms with Crippen LogP contribution in [0.1, 0.15) is 35.6 Å². The van der Waals surface area contributed by atoms with Crippen LogP contribution in [0.4, 0.5) is 17.6 Å². The Morgan fingerprint density at radius 1 is 1.10 bits per heavy atom. The van der Waals surface area contributed by atoms with Crippen molar-refractivity contribution < 1.29 is 31.8 Å². The fourth-order valence-corrected chi connectivity index (χ4v) is 5.95. The Kier molecular flexibility index (Phi) is 8.79. The van der Waals surface area contributed by atoms with Gasteiger partial charge < -0.3 is 23.8 Å². The number of pyridine rings is 1. The average Bonchev–Trinajstić information content (AvgIpc) is 3.68. The van der Waals surface area contributed by atoms with Gasteiger partial charge in [0, 0.05) is 30.3 Å². The first-order chi connectivity index (χ1) is 23.1. The number of alkyl halides is 3. The number of hydrogen-bond acceptors (Lipinski definition) is 8. The van der Waals surface area contributed by atoms with Crippen LogP contribution in [-0.4, -0.2) is 67.5 Å². The van der Waals surface area contributed by atoms with Crippen molar-refractivity contribution in [3.8, 4) is 23.0 Å². The SMILES string of the molecule is COc1cc(Cl)ccc1COc1cc(C2=CCN(Cc3nc4cc(-c5nnc(C(F)(F)F)[nH]5)ncc4n3C[C@@H]3CCO3)CC2)ccc1F. The van der Waals surface area contributed by atoms with Crippen LogP contribution in [0.15, 0.2) is 54.7 Å². The summed E-state index contributed by atoms with van der Waals surface area (Å²) in [5.41, 5.74) is 4.25. The van der Waals surface area contributed by atoms with Gasteiger partial charge >= 0.3 is 6.18 Å². The summed E-state index contributed by atoms with van der Waals surface area (Å²) in [5, 5.41) is 7.38. The number of ether oxygens (including phenoxy) is 3. The molecule has 15 heteroatoms. The van der Waals surface area contributed by atoms with Gasteiger partial charge in [0.2, 0.25) is 5.82 Å². The van der Waals surface area contributed by atoms with Crippen LogP contribution < -0.4 is 9.47 Å². The summed E-state index contributed by atoms with van der Waals surface area (Å²) in [6.45, 7) is 3.30. The Morgan fingerprint density at radius 3 is 2.67 bits per heavy atom. The first kappa shape index (κ1) is 32.0. The Morgan fingerprint density at radius 2 is 1.96 bits per heavy atom. The molecule has 1 atom stereocenters. The molecule has 250 valence electrons. The lowest BCUT2D eigenvalue weighted by Gasteiger charge is -2.29.